The summed E-state index contributed by atoms with van der Waals surface area (Å²) >= 11 is 0. The normalized spacial score (nSPS) is 13.1. The average Bonchev–Trinajstić information content (AvgIpc) is 2.97. The van der Waals surface area contributed by atoms with Crippen LogP contribution >= 0.6 is 0 Å². The number of benzene rings is 4. The first kappa shape index (κ1) is 35.5. The lowest BCUT2D eigenvalue weighted by molar-refractivity contribution is -0.0504. The standard InChI is InChI=1S/C26H16F6O11S4/c27-25(28,29)46(37,38)42-19-5-13-23(14-6-19)44(33,34)21-9-1-17(2-10-21)41-18-3-11-22(12-4-18)45(35,36)24-15-7-20(8-16-24)43-47(39,40)26(30,31)32/h1-16H. The Bertz CT molecular complexity index is 2040. The van der Waals surface area contributed by atoms with Crippen LogP contribution in [-0.2, 0) is 39.9 Å². The van der Waals surface area contributed by atoms with Crippen LogP contribution < -0.4 is 13.1 Å². The zero-order valence-corrected chi connectivity index (χ0v) is 25.9. The van der Waals surface area contributed by atoms with Crippen LogP contribution in [0.15, 0.2) is 117 Å². The van der Waals surface area contributed by atoms with Crippen LogP contribution in [-0.4, -0.2) is 44.7 Å². The van der Waals surface area contributed by atoms with E-state index in [9.17, 15) is 60.0 Å². The topological polar surface area (TPSA) is 164 Å². The highest BCUT2D eigenvalue weighted by molar-refractivity contribution is 7.92. The van der Waals surface area contributed by atoms with Crippen molar-refractivity contribution < 1.29 is 73.1 Å². The van der Waals surface area contributed by atoms with Crippen molar-refractivity contribution in [2.45, 2.75) is 30.6 Å². The number of ether oxygens (including phenoxy) is 1. The second-order valence-corrected chi connectivity index (χ2v) is 15.9. The summed E-state index contributed by atoms with van der Waals surface area (Å²) < 4.78 is 185. The van der Waals surface area contributed by atoms with Crippen molar-refractivity contribution in [2.75, 3.05) is 0 Å². The molecule has 0 aliphatic heterocycles. The lowest BCUT2D eigenvalue weighted by atomic mass is 10.3. The van der Waals surface area contributed by atoms with Crippen molar-refractivity contribution in [1.82, 2.24) is 0 Å². The molecule has 0 saturated heterocycles. The molecular formula is C26H16F6O11S4. The Hall–Kier alpha value is -4.34. The summed E-state index contributed by atoms with van der Waals surface area (Å²) in [4.78, 5) is -1.33. The van der Waals surface area contributed by atoms with E-state index in [-0.39, 0.29) is 21.3 Å². The molecule has 0 heterocycles. The first-order valence-corrected chi connectivity index (χ1v) is 17.9. The molecule has 0 bridgehead atoms. The molecule has 0 spiro atoms. The van der Waals surface area contributed by atoms with Gasteiger partial charge in [0.1, 0.15) is 23.0 Å². The summed E-state index contributed by atoms with van der Waals surface area (Å²) in [6.07, 6.45) is 0. The maximum atomic E-state index is 12.9. The van der Waals surface area contributed by atoms with Gasteiger partial charge in [-0.2, -0.15) is 43.2 Å². The van der Waals surface area contributed by atoms with Crippen LogP contribution in [0.5, 0.6) is 23.0 Å². The molecule has 0 aliphatic carbocycles. The molecule has 21 heteroatoms. The average molecular weight is 747 g/mol. The first-order chi connectivity index (χ1) is 21.5. The summed E-state index contributed by atoms with van der Waals surface area (Å²) in [5.74, 6) is -1.34. The zero-order chi connectivity index (χ0) is 35.1. The highest BCUT2D eigenvalue weighted by Crippen LogP contribution is 2.32. The molecular weight excluding hydrogens is 731 g/mol. The summed E-state index contributed by atoms with van der Waals surface area (Å²) in [6.45, 7) is 0. The largest absolute Gasteiger partial charge is 0.534 e. The molecule has 4 aromatic rings. The maximum absolute atomic E-state index is 12.9. The molecule has 11 nitrogen and oxygen atoms in total. The highest BCUT2D eigenvalue weighted by Gasteiger charge is 2.49. The lowest BCUT2D eigenvalue weighted by Crippen LogP contribution is -2.28. The SMILES string of the molecule is O=S(=O)(c1ccc(Oc2ccc(S(=O)(=O)c3ccc(OS(=O)(=O)C(F)(F)F)cc3)cc2)cc1)c1ccc(OS(=O)(=O)C(F)(F)F)cc1. The quantitative estimate of drug-likeness (QED) is 0.113. The molecule has 4 rings (SSSR count). The van der Waals surface area contributed by atoms with Gasteiger partial charge in [0.25, 0.3) is 0 Å². The van der Waals surface area contributed by atoms with Gasteiger partial charge >= 0.3 is 31.3 Å². The van der Waals surface area contributed by atoms with E-state index in [1.165, 1.54) is 24.3 Å². The van der Waals surface area contributed by atoms with Crippen LogP contribution in [0, 0.1) is 0 Å². The molecule has 0 N–H and O–H groups in total. The Morgan fingerprint density at radius 3 is 0.787 bits per heavy atom. The van der Waals surface area contributed by atoms with Crippen LogP contribution in [0.2, 0.25) is 0 Å². The molecule has 47 heavy (non-hydrogen) atoms. The van der Waals surface area contributed by atoms with Gasteiger partial charge in [-0.15, -0.1) is 0 Å². The van der Waals surface area contributed by atoms with E-state index >= 15 is 0 Å². The van der Waals surface area contributed by atoms with Crippen molar-refractivity contribution >= 4 is 39.9 Å². The van der Waals surface area contributed by atoms with E-state index in [0.29, 0.717) is 0 Å². The molecule has 0 atom stereocenters. The highest BCUT2D eigenvalue weighted by atomic mass is 32.2. The van der Waals surface area contributed by atoms with Crippen molar-refractivity contribution in [3.8, 4) is 23.0 Å². The van der Waals surface area contributed by atoms with E-state index in [2.05, 4.69) is 8.37 Å². The fourth-order valence-electron chi connectivity index (χ4n) is 3.48. The van der Waals surface area contributed by atoms with E-state index < -0.39 is 72.2 Å². The van der Waals surface area contributed by atoms with Gasteiger partial charge < -0.3 is 13.1 Å². The van der Waals surface area contributed by atoms with Crippen molar-refractivity contribution in [1.29, 1.82) is 0 Å². The van der Waals surface area contributed by atoms with Crippen molar-refractivity contribution in [3.05, 3.63) is 97.1 Å². The third-order valence-electron chi connectivity index (χ3n) is 5.75. The van der Waals surface area contributed by atoms with Crippen LogP contribution in [0.1, 0.15) is 0 Å². The van der Waals surface area contributed by atoms with Crippen molar-refractivity contribution in [3.63, 3.8) is 0 Å². The summed E-state index contributed by atoms with van der Waals surface area (Å²) in [7, 11) is -20.4. The van der Waals surface area contributed by atoms with Gasteiger partial charge in [-0.3, -0.25) is 0 Å². The predicted molar refractivity (Wildman–Crippen MR) is 148 cm³/mol. The van der Waals surface area contributed by atoms with Gasteiger partial charge in [-0.25, -0.2) is 16.8 Å². The van der Waals surface area contributed by atoms with E-state index in [0.717, 1.165) is 72.8 Å². The Morgan fingerprint density at radius 2 is 0.574 bits per heavy atom. The fourth-order valence-corrected chi connectivity index (χ4v) is 6.92. The summed E-state index contributed by atoms with van der Waals surface area (Å²) in [5, 5.41) is 0. The van der Waals surface area contributed by atoms with Gasteiger partial charge in [0.15, 0.2) is 0 Å². The molecule has 252 valence electrons. The minimum absolute atomic E-state index is 0.102. The summed E-state index contributed by atoms with van der Waals surface area (Å²) in [5.41, 5.74) is -11.4. The van der Waals surface area contributed by atoms with Crippen LogP contribution in [0.3, 0.4) is 0 Å². The van der Waals surface area contributed by atoms with Gasteiger partial charge in [0.2, 0.25) is 19.7 Å². The molecule has 0 unspecified atom stereocenters. The Labute approximate surface area is 263 Å². The van der Waals surface area contributed by atoms with E-state index in [4.69, 9.17) is 4.74 Å². The van der Waals surface area contributed by atoms with Crippen LogP contribution in [0.4, 0.5) is 26.3 Å². The predicted octanol–water partition coefficient (Wildman–Crippen LogP) is 5.60. The van der Waals surface area contributed by atoms with E-state index in [1.54, 1.807) is 0 Å². The number of rotatable bonds is 10. The van der Waals surface area contributed by atoms with E-state index in [1.807, 2.05) is 0 Å². The maximum Gasteiger partial charge on any atom is 0.534 e. The second kappa shape index (κ2) is 12.4. The Morgan fingerprint density at radius 1 is 0.362 bits per heavy atom. The molecule has 0 aliphatic rings. The minimum atomic E-state index is -5.96. The minimum Gasteiger partial charge on any atom is -0.457 e. The fraction of sp³-hybridized carbons (Fsp3) is 0.0769. The molecule has 0 radical (unpaired) electrons. The first-order valence-electron chi connectivity index (χ1n) is 12.1. The number of halogens is 6. The molecule has 4 aromatic carbocycles. The second-order valence-electron chi connectivity index (χ2n) is 8.96. The number of sulfone groups is 2. The molecule has 0 aromatic heterocycles. The molecule has 0 fully saturated rings. The number of hydrogen-bond acceptors (Lipinski definition) is 11. The zero-order valence-electron chi connectivity index (χ0n) is 22.6. The Kier molecular flexibility index (Phi) is 9.34. The Balaban J connectivity index is 1.43. The lowest BCUT2D eigenvalue weighted by Gasteiger charge is -2.11. The third-order valence-corrected chi connectivity index (χ3v) is 11.3. The van der Waals surface area contributed by atoms with Gasteiger partial charge in [0.05, 0.1) is 19.6 Å². The number of hydrogen-bond donors (Lipinski definition) is 0. The third kappa shape index (κ3) is 7.80. The molecule has 0 amide bonds. The summed E-state index contributed by atoms with van der Waals surface area (Å²) in [6, 6.07) is 15.8. The monoisotopic (exact) mass is 746 g/mol. The smallest absolute Gasteiger partial charge is 0.457 e. The van der Waals surface area contributed by atoms with Gasteiger partial charge in [-0.05, 0) is 97.1 Å². The van der Waals surface area contributed by atoms with Gasteiger partial charge in [-0.1, -0.05) is 0 Å². The van der Waals surface area contributed by atoms with Crippen LogP contribution in [0.25, 0.3) is 0 Å². The van der Waals surface area contributed by atoms with Gasteiger partial charge in [0, 0.05) is 0 Å². The van der Waals surface area contributed by atoms with Crippen molar-refractivity contribution in [2.24, 2.45) is 0 Å². The molecule has 0 saturated carbocycles. The number of alkyl halides is 6.